The minimum Gasteiger partial charge on any atom is -0.335 e. The second kappa shape index (κ2) is 6.29. The Kier molecular flexibility index (Phi) is 4.42. The van der Waals surface area contributed by atoms with E-state index in [2.05, 4.69) is 43.2 Å². The molecular weight excluding hydrogens is 352 g/mol. The molecule has 3 heterocycles. The van der Waals surface area contributed by atoms with E-state index in [1.54, 1.807) is 17.4 Å². The number of nitrogens with zero attached hydrogens (tertiary/aromatic N) is 3. The van der Waals surface area contributed by atoms with Gasteiger partial charge in [-0.15, -0.1) is 11.3 Å². The lowest BCUT2D eigenvalue weighted by Crippen LogP contribution is -2.48. The molecule has 0 atom stereocenters. The molecule has 0 bridgehead atoms. The van der Waals surface area contributed by atoms with E-state index in [0.717, 1.165) is 38.4 Å². The van der Waals surface area contributed by atoms with Crippen molar-refractivity contribution in [3.05, 3.63) is 38.3 Å². The average Bonchev–Trinajstić information content (AvgIpc) is 3.08. The number of piperazine rings is 1. The molecule has 1 fully saturated rings. The third-order valence-electron chi connectivity index (χ3n) is 3.59. The molecular formula is C14H17BrN4OS. The van der Waals surface area contributed by atoms with Crippen LogP contribution in [0.5, 0.6) is 0 Å². The van der Waals surface area contributed by atoms with Crippen LogP contribution in [0.2, 0.25) is 0 Å². The Bertz CT molecular complexity index is 630. The lowest BCUT2D eigenvalue weighted by Gasteiger charge is -2.34. The zero-order chi connectivity index (χ0) is 14.8. The number of aryl methyl sites for hydroxylation is 1. The zero-order valence-electron chi connectivity index (χ0n) is 11.8. The van der Waals surface area contributed by atoms with Crippen LogP contribution in [0.1, 0.15) is 21.1 Å². The summed E-state index contributed by atoms with van der Waals surface area (Å²) in [7, 11) is 0. The minimum absolute atomic E-state index is 0.0258. The molecule has 5 nitrogen and oxygen atoms in total. The molecule has 1 aliphatic rings. The molecule has 0 aliphatic carbocycles. The van der Waals surface area contributed by atoms with E-state index in [0.29, 0.717) is 5.69 Å². The SMILES string of the molecule is Cc1cc(C(=O)N2CCN(Cc3ccc(Br)s3)CC2)n[nH]1. The number of hydrogen-bond acceptors (Lipinski definition) is 4. The van der Waals surface area contributed by atoms with Gasteiger partial charge < -0.3 is 4.90 Å². The predicted molar refractivity (Wildman–Crippen MR) is 86.5 cm³/mol. The first-order chi connectivity index (χ1) is 10.1. The largest absolute Gasteiger partial charge is 0.335 e. The number of hydrogen-bond donors (Lipinski definition) is 1. The Labute approximate surface area is 136 Å². The first-order valence-corrected chi connectivity index (χ1v) is 8.50. The van der Waals surface area contributed by atoms with Crippen molar-refractivity contribution in [2.75, 3.05) is 26.2 Å². The lowest BCUT2D eigenvalue weighted by molar-refractivity contribution is 0.0624. The Hall–Kier alpha value is -1.18. The van der Waals surface area contributed by atoms with Gasteiger partial charge in [-0.3, -0.25) is 14.8 Å². The highest BCUT2D eigenvalue weighted by molar-refractivity contribution is 9.11. The standard InChI is InChI=1S/C14H17BrN4OS/c1-10-8-12(17-16-10)14(20)19-6-4-18(5-7-19)9-11-2-3-13(15)21-11/h2-3,8H,4-7,9H2,1H3,(H,16,17). The molecule has 0 radical (unpaired) electrons. The van der Waals surface area contributed by atoms with Crippen LogP contribution < -0.4 is 0 Å². The molecule has 7 heteroatoms. The lowest BCUT2D eigenvalue weighted by atomic mass is 10.2. The van der Waals surface area contributed by atoms with E-state index in [4.69, 9.17) is 0 Å². The van der Waals surface area contributed by atoms with Crippen LogP contribution >= 0.6 is 27.3 Å². The monoisotopic (exact) mass is 368 g/mol. The highest BCUT2D eigenvalue weighted by Crippen LogP contribution is 2.23. The van der Waals surface area contributed by atoms with E-state index in [9.17, 15) is 4.79 Å². The van der Waals surface area contributed by atoms with Gasteiger partial charge in [0.25, 0.3) is 5.91 Å². The Morgan fingerprint density at radius 2 is 2.14 bits per heavy atom. The van der Waals surface area contributed by atoms with Gasteiger partial charge in [0.2, 0.25) is 0 Å². The van der Waals surface area contributed by atoms with E-state index < -0.39 is 0 Å². The van der Waals surface area contributed by atoms with Gasteiger partial charge in [-0.1, -0.05) is 0 Å². The van der Waals surface area contributed by atoms with Gasteiger partial charge in [0, 0.05) is 43.3 Å². The number of thiophene rings is 1. The summed E-state index contributed by atoms with van der Waals surface area (Å²) in [6, 6.07) is 6.04. The number of nitrogens with one attached hydrogen (secondary N) is 1. The van der Waals surface area contributed by atoms with Crippen molar-refractivity contribution in [3.63, 3.8) is 0 Å². The predicted octanol–water partition coefficient (Wildman–Crippen LogP) is 2.50. The molecule has 3 rings (SSSR count). The van der Waals surface area contributed by atoms with E-state index in [1.165, 1.54) is 8.66 Å². The summed E-state index contributed by atoms with van der Waals surface area (Å²) in [6.07, 6.45) is 0. The number of carbonyl (C=O) groups is 1. The zero-order valence-corrected chi connectivity index (χ0v) is 14.2. The van der Waals surface area contributed by atoms with Crippen LogP contribution in [0, 0.1) is 6.92 Å². The van der Waals surface area contributed by atoms with E-state index in [-0.39, 0.29) is 5.91 Å². The van der Waals surface area contributed by atoms with Crippen molar-refractivity contribution in [1.82, 2.24) is 20.0 Å². The molecule has 0 spiro atoms. The number of aromatic nitrogens is 2. The second-order valence-electron chi connectivity index (χ2n) is 5.21. The average molecular weight is 369 g/mol. The molecule has 1 aliphatic heterocycles. The summed E-state index contributed by atoms with van der Waals surface area (Å²) in [6.45, 7) is 6.20. The Morgan fingerprint density at radius 3 is 2.71 bits per heavy atom. The van der Waals surface area contributed by atoms with Crippen molar-refractivity contribution in [3.8, 4) is 0 Å². The molecule has 1 saturated heterocycles. The molecule has 21 heavy (non-hydrogen) atoms. The van der Waals surface area contributed by atoms with Crippen molar-refractivity contribution in [2.24, 2.45) is 0 Å². The molecule has 2 aromatic rings. The van der Waals surface area contributed by atoms with Crippen LogP contribution in [-0.2, 0) is 6.54 Å². The fraction of sp³-hybridized carbons (Fsp3) is 0.429. The number of halogens is 1. The van der Waals surface area contributed by atoms with Gasteiger partial charge in [0.1, 0.15) is 5.69 Å². The molecule has 112 valence electrons. The normalized spacial score (nSPS) is 16.4. The van der Waals surface area contributed by atoms with E-state index in [1.807, 2.05) is 11.8 Å². The quantitative estimate of drug-likeness (QED) is 0.905. The minimum atomic E-state index is 0.0258. The van der Waals surface area contributed by atoms with Crippen LogP contribution in [0.25, 0.3) is 0 Å². The summed E-state index contributed by atoms with van der Waals surface area (Å²) in [5.74, 6) is 0.0258. The molecule has 0 aromatic carbocycles. The first kappa shape index (κ1) is 14.7. The third kappa shape index (κ3) is 3.53. The maximum Gasteiger partial charge on any atom is 0.274 e. The fourth-order valence-corrected chi connectivity index (χ4v) is 3.98. The number of H-pyrrole nitrogens is 1. The van der Waals surface area contributed by atoms with Gasteiger partial charge in [0.05, 0.1) is 3.79 Å². The molecule has 0 saturated carbocycles. The molecule has 2 aromatic heterocycles. The molecule has 1 N–H and O–H groups in total. The van der Waals surface area contributed by atoms with Gasteiger partial charge >= 0.3 is 0 Å². The van der Waals surface area contributed by atoms with Crippen LogP contribution in [-0.4, -0.2) is 52.1 Å². The van der Waals surface area contributed by atoms with Gasteiger partial charge in [-0.2, -0.15) is 5.10 Å². The summed E-state index contributed by atoms with van der Waals surface area (Å²) in [5, 5.41) is 6.87. The number of aromatic amines is 1. The maximum absolute atomic E-state index is 12.3. The number of amides is 1. The highest BCUT2D eigenvalue weighted by atomic mass is 79.9. The summed E-state index contributed by atoms with van der Waals surface area (Å²) >= 11 is 5.26. The molecule has 1 amide bonds. The first-order valence-electron chi connectivity index (χ1n) is 6.89. The van der Waals surface area contributed by atoms with Crippen LogP contribution in [0.4, 0.5) is 0 Å². The summed E-state index contributed by atoms with van der Waals surface area (Å²) in [5.41, 5.74) is 1.43. The fourth-order valence-electron chi connectivity index (χ4n) is 2.46. The summed E-state index contributed by atoms with van der Waals surface area (Å²) in [4.78, 5) is 17.9. The van der Waals surface area contributed by atoms with Crippen molar-refractivity contribution in [2.45, 2.75) is 13.5 Å². The topological polar surface area (TPSA) is 52.2 Å². The highest BCUT2D eigenvalue weighted by Gasteiger charge is 2.23. The van der Waals surface area contributed by atoms with E-state index >= 15 is 0 Å². The van der Waals surface area contributed by atoms with Crippen LogP contribution in [0.15, 0.2) is 22.0 Å². The Balaban J connectivity index is 1.54. The smallest absolute Gasteiger partial charge is 0.274 e. The van der Waals surface area contributed by atoms with Gasteiger partial charge in [-0.05, 0) is 41.1 Å². The summed E-state index contributed by atoms with van der Waals surface area (Å²) < 4.78 is 1.17. The van der Waals surface area contributed by atoms with Crippen molar-refractivity contribution < 1.29 is 4.79 Å². The number of rotatable bonds is 3. The van der Waals surface area contributed by atoms with Crippen molar-refractivity contribution >= 4 is 33.2 Å². The van der Waals surface area contributed by atoms with Crippen LogP contribution in [0.3, 0.4) is 0 Å². The molecule has 0 unspecified atom stereocenters. The van der Waals surface area contributed by atoms with Crippen molar-refractivity contribution in [1.29, 1.82) is 0 Å². The second-order valence-corrected chi connectivity index (χ2v) is 7.76. The third-order valence-corrected chi connectivity index (χ3v) is 5.20. The Morgan fingerprint density at radius 1 is 1.38 bits per heavy atom. The van der Waals surface area contributed by atoms with Gasteiger partial charge in [-0.25, -0.2) is 0 Å². The maximum atomic E-state index is 12.3. The number of carbonyl (C=O) groups excluding carboxylic acids is 1. The van der Waals surface area contributed by atoms with Gasteiger partial charge in [0.15, 0.2) is 0 Å².